The van der Waals surface area contributed by atoms with Gasteiger partial charge in [-0.05, 0) is 18.9 Å². The fourth-order valence-corrected chi connectivity index (χ4v) is 2.98. The largest absolute Gasteiger partial charge is 0.388 e. The van der Waals surface area contributed by atoms with Crippen LogP contribution in [0, 0.1) is 0 Å². The second-order valence-electron chi connectivity index (χ2n) is 4.67. The van der Waals surface area contributed by atoms with Gasteiger partial charge >= 0.3 is 0 Å². The van der Waals surface area contributed by atoms with E-state index in [0.717, 1.165) is 5.52 Å². The molecule has 0 aliphatic carbocycles. The monoisotopic (exact) mass is 294 g/mol. The van der Waals surface area contributed by atoms with Crippen LogP contribution in [0.2, 0.25) is 0 Å². The van der Waals surface area contributed by atoms with Gasteiger partial charge in [-0.15, -0.1) is 0 Å². The molecule has 0 bridgehead atoms. The van der Waals surface area contributed by atoms with Crippen molar-refractivity contribution in [2.75, 3.05) is 11.5 Å². The maximum Gasteiger partial charge on any atom is 0.150 e. The highest BCUT2D eigenvalue weighted by Crippen LogP contribution is 2.24. The van der Waals surface area contributed by atoms with Crippen LogP contribution in [0.5, 0.6) is 0 Å². The summed E-state index contributed by atoms with van der Waals surface area (Å²) in [5.41, 5.74) is 2.09. The first-order valence-electron chi connectivity index (χ1n) is 6.61. The van der Waals surface area contributed by atoms with E-state index in [-0.39, 0.29) is 11.5 Å². The zero-order valence-electron chi connectivity index (χ0n) is 11.4. The number of fused-ring (bicyclic) bond motifs is 1. The Bertz CT molecular complexity index is 680. The van der Waals surface area contributed by atoms with E-state index in [0.29, 0.717) is 23.9 Å². The molecule has 0 radical (unpaired) electrons. The molecule has 2 aromatic rings. The normalized spacial score (nSPS) is 13.5. The molecular formula is C14H18N2O3S. The summed E-state index contributed by atoms with van der Waals surface area (Å²) >= 11 is 0. The van der Waals surface area contributed by atoms with Gasteiger partial charge in [0.2, 0.25) is 0 Å². The second-order valence-corrected chi connectivity index (χ2v) is 7.14. The number of aliphatic hydroxyl groups excluding tert-OH is 1. The lowest BCUT2D eigenvalue weighted by Crippen LogP contribution is -2.10. The van der Waals surface area contributed by atoms with E-state index in [2.05, 4.69) is 9.97 Å². The summed E-state index contributed by atoms with van der Waals surface area (Å²) in [6.07, 6.45) is 3.30. The van der Waals surface area contributed by atoms with Crippen molar-refractivity contribution in [3.63, 3.8) is 0 Å². The second kappa shape index (κ2) is 6.28. The fourth-order valence-electron chi connectivity index (χ4n) is 2.08. The zero-order valence-corrected chi connectivity index (χ0v) is 12.2. The molecule has 0 aliphatic rings. The molecular weight excluding hydrogens is 276 g/mol. The van der Waals surface area contributed by atoms with Crippen LogP contribution in [0.1, 0.15) is 31.4 Å². The number of aromatic nitrogens is 2. The third-order valence-electron chi connectivity index (χ3n) is 3.26. The SMILES string of the molecule is CCS(=O)(=O)CCCC(O)c1cccc2nccnc12. The molecule has 1 heterocycles. The number of benzene rings is 1. The Morgan fingerprint density at radius 3 is 2.75 bits per heavy atom. The predicted molar refractivity (Wildman–Crippen MR) is 78.1 cm³/mol. The van der Waals surface area contributed by atoms with E-state index in [9.17, 15) is 13.5 Å². The molecule has 1 N–H and O–H groups in total. The van der Waals surface area contributed by atoms with Crippen LogP contribution in [-0.4, -0.2) is 35.0 Å². The smallest absolute Gasteiger partial charge is 0.150 e. The standard InChI is InChI=1S/C14H18N2O3S/c1-2-20(18,19)10-4-7-13(17)11-5-3-6-12-14(11)16-9-8-15-12/h3,5-6,8-9,13,17H,2,4,7,10H2,1H3. The lowest BCUT2D eigenvalue weighted by atomic mass is 10.0. The average Bonchev–Trinajstić information content (AvgIpc) is 2.46. The summed E-state index contributed by atoms with van der Waals surface area (Å²) in [6.45, 7) is 1.63. The summed E-state index contributed by atoms with van der Waals surface area (Å²) < 4.78 is 22.9. The number of hydrogen-bond donors (Lipinski definition) is 1. The quantitative estimate of drug-likeness (QED) is 0.880. The molecule has 0 saturated heterocycles. The minimum absolute atomic E-state index is 0.108. The van der Waals surface area contributed by atoms with Gasteiger partial charge in [-0.3, -0.25) is 9.97 Å². The van der Waals surface area contributed by atoms with E-state index < -0.39 is 15.9 Å². The van der Waals surface area contributed by atoms with Gasteiger partial charge in [-0.1, -0.05) is 19.1 Å². The topological polar surface area (TPSA) is 80.2 Å². The minimum Gasteiger partial charge on any atom is -0.388 e. The van der Waals surface area contributed by atoms with Crippen LogP contribution >= 0.6 is 0 Å². The van der Waals surface area contributed by atoms with Gasteiger partial charge in [-0.2, -0.15) is 0 Å². The van der Waals surface area contributed by atoms with Crippen LogP contribution in [0.3, 0.4) is 0 Å². The van der Waals surface area contributed by atoms with E-state index in [1.54, 1.807) is 25.4 Å². The molecule has 1 unspecified atom stereocenters. The van der Waals surface area contributed by atoms with Crippen LogP contribution in [0.4, 0.5) is 0 Å². The first-order chi connectivity index (χ1) is 9.53. The Kier molecular flexibility index (Phi) is 4.67. The summed E-state index contributed by atoms with van der Waals surface area (Å²) in [5.74, 6) is 0.250. The zero-order chi connectivity index (χ0) is 14.6. The summed E-state index contributed by atoms with van der Waals surface area (Å²) in [7, 11) is -2.98. The highest BCUT2D eigenvalue weighted by Gasteiger charge is 2.14. The molecule has 6 heteroatoms. The molecule has 0 saturated carbocycles. The number of sulfone groups is 1. The minimum atomic E-state index is -2.98. The van der Waals surface area contributed by atoms with Crippen LogP contribution < -0.4 is 0 Å². The van der Waals surface area contributed by atoms with Crippen molar-refractivity contribution in [3.05, 3.63) is 36.2 Å². The summed E-state index contributed by atoms with van der Waals surface area (Å²) in [4.78, 5) is 8.42. The Balaban J connectivity index is 2.10. The number of rotatable bonds is 6. The van der Waals surface area contributed by atoms with Crippen molar-refractivity contribution >= 4 is 20.9 Å². The number of hydrogen-bond acceptors (Lipinski definition) is 5. The van der Waals surface area contributed by atoms with Crippen molar-refractivity contribution in [2.45, 2.75) is 25.9 Å². The lowest BCUT2D eigenvalue weighted by Gasteiger charge is -2.12. The van der Waals surface area contributed by atoms with Gasteiger partial charge in [-0.25, -0.2) is 8.42 Å². The Morgan fingerprint density at radius 1 is 1.25 bits per heavy atom. The molecule has 0 spiro atoms. The average molecular weight is 294 g/mol. The van der Waals surface area contributed by atoms with Crippen molar-refractivity contribution in [1.29, 1.82) is 0 Å². The van der Waals surface area contributed by atoms with Gasteiger partial charge in [0, 0.05) is 23.7 Å². The fraction of sp³-hybridized carbons (Fsp3) is 0.429. The summed E-state index contributed by atoms with van der Waals surface area (Å²) in [5, 5.41) is 10.2. The lowest BCUT2D eigenvalue weighted by molar-refractivity contribution is 0.168. The highest BCUT2D eigenvalue weighted by molar-refractivity contribution is 7.91. The first kappa shape index (κ1) is 14.9. The van der Waals surface area contributed by atoms with Crippen LogP contribution in [0.15, 0.2) is 30.6 Å². The van der Waals surface area contributed by atoms with Gasteiger partial charge in [0.05, 0.1) is 22.9 Å². The molecule has 0 fully saturated rings. The number of nitrogens with zero attached hydrogens (tertiary/aromatic N) is 2. The Labute approximate surface area is 118 Å². The molecule has 2 rings (SSSR count). The van der Waals surface area contributed by atoms with Gasteiger partial charge in [0.25, 0.3) is 0 Å². The van der Waals surface area contributed by atoms with Crippen molar-refractivity contribution in [2.24, 2.45) is 0 Å². The van der Waals surface area contributed by atoms with Crippen LogP contribution in [-0.2, 0) is 9.84 Å². The van der Waals surface area contributed by atoms with E-state index >= 15 is 0 Å². The predicted octanol–water partition coefficient (Wildman–Crippen LogP) is 1.88. The number of para-hydroxylation sites is 1. The van der Waals surface area contributed by atoms with E-state index in [1.165, 1.54) is 0 Å². The molecule has 5 nitrogen and oxygen atoms in total. The van der Waals surface area contributed by atoms with Crippen molar-refractivity contribution < 1.29 is 13.5 Å². The van der Waals surface area contributed by atoms with Crippen molar-refractivity contribution in [3.8, 4) is 0 Å². The Hall–Kier alpha value is -1.53. The Morgan fingerprint density at radius 2 is 2.00 bits per heavy atom. The molecule has 1 aromatic heterocycles. The van der Waals surface area contributed by atoms with E-state index in [1.807, 2.05) is 12.1 Å². The third kappa shape index (κ3) is 3.52. The molecule has 108 valence electrons. The third-order valence-corrected chi connectivity index (χ3v) is 5.05. The summed E-state index contributed by atoms with van der Waals surface area (Å²) in [6, 6.07) is 5.45. The maximum absolute atomic E-state index is 11.4. The number of aliphatic hydroxyl groups is 1. The van der Waals surface area contributed by atoms with Gasteiger partial charge in [0.1, 0.15) is 9.84 Å². The molecule has 20 heavy (non-hydrogen) atoms. The molecule has 1 aromatic carbocycles. The molecule has 0 amide bonds. The van der Waals surface area contributed by atoms with Gasteiger partial charge in [0.15, 0.2) is 0 Å². The molecule has 0 aliphatic heterocycles. The highest BCUT2D eigenvalue weighted by atomic mass is 32.2. The molecule has 1 atom stereocenters. The first-order valence-corrected chi connectivity index (χ1v) is 8.44. The maximum atomic E-state index is 11.4. The van der Waals surface area contributed by atoms with Crippen LogP contribution in [0.25, 0.3) is 11.0 Å². The van der Waals surface area contributed by atoms with E-state index in [4.69, 9.17) is 0 Å². The van der Waals surface area contributed by atoms with Crippen molar-refractivity contribution in [1.82, 2.24) is 9.97 Å². The van der Waals surface area contributed by atoms with Gasteiger partial charge < -0.3 is 5.11 Å².